The van der Waals surface area contributed by atoms with Crippen LogP contribution in [0.4, 0.5) is 0 Å². The van der Waals surface area contributed by atoms with E-state index in [0.29, 0.717) is 17.0 Å². The maximum atomic E-state index is 13.6. The molecule has 15 nitrogen and oxygen atoms in total. The Kier molecular flexibility index (Phi) is 17.8. The molecule has 1 aliphatic heterocycles. The molecule has 284 valence electrons. The molecule has 1 aliphatic rings. The SMILES string of the molecule is CCCCCCC[C@]1(C(=O)OC)C[C@H](OC(C)=O)[C@@H](NC(=O)COC(C)=O)[C@H]([C@H](OC(C)=O)[C@@H](CNC(=O)Cc2ccc(Cl)cc2)OC(C)=O)O1. The molecule has 6 atom stereocenters. The molecule has 0 radical (unpaired) electrons. The second kappa shape index (κ2) is 21.2. The Labute approximate surface area is 302 Å². The van der Waals surface area contributed by atoms with Gasteiger partial charge < -0.3 is 39.1 Å². The first kappa shape index (κ1) is 42.9. The van der Waals surface area contributed by atoms with Gasteiger partial charge in [-0.05, 0) is 30.5 Å². The van der Waals surface area contributed by atoms with Gasteiger partial charge in [0.05, 0.1) is 26.1 Å². The predicted molar refractivity (Wildman–Crippen MR) is 181 cm³/mol. The molecule has 2 rings (SSSR count). The lowest BCUT2D eigenvalue weighted by atomic mass is 9.80. The lowest BCUT2D eigenvalue weighted by Crippen LogP contribution is -2.69. The molecule has 1 saturated heterocycles. The van der Waals surface area contributed by atoms with Crippen LogP contribution in [0.3, 0.4) is 0 Å². The highest BCUT2D eigenvalue weighted by Gasteiger charge is 2.57. The zero-order valence-corrected chi connectivity index (χ0v) is 30.7. The molecular formula is C35H49ClN2O13. The van der Waals surface area contributed by atoms with E-state index in [1.807, 2.05) is 0 Å². The first-order valence-corrected chi connectivity index (χ1v) is 17.2. The Morgan fingerprint density at radius 3 is 2.10 bits per heavy atom. The summed E-state index contributed by atoms with van der Waals surface area (Å²) < 4.78 is 33.5. The van der Waals surface area contributed by atoms with Gasteiger partial charge in [0.15, 0.2) is 24.4 Å². The van der Waals surface area contributed by atoms with Crippen molar-refractivity contribution < 1.29 is 62.0 Å². The number of unbranched alkanes of at least 4 members (excludes halogenated alkanes) is 4. The number of esters is 5. The van der Waals surface area contributed by atoms with Crippen molar-refractivity contribution in [2.24, 2.45) is 0 Å². The number of methoxy groups -OCH3 is 1. The van der Waals surface area contributed by atoms with Crippen LogP contribution in [-0.4, -0.2) is 98.0 Å². The number of halogens is 1. The van der Waals surface area contributed by atoms with Crippen molar-refractivity contribution in [3.63, 3.8) is 0 Å². The molecule has 0 unspecified atom stereocenters. The molecule has 0 saturated carbocycles. The highest BCUT2D eigenvalue weighted by atomic mass is 35.5. The summed E-state index contributed by atoms with van der Waals surface area (Å²) in [6.45, 7) is 5.35. The zero-order valence-electron chi connectivity index (χ0n) is 30.0. The third-order valence-corrected chi connectivity index (χ3v) is 8.28. The molecule has 0 aromatic heterocycles. The van der Waals surface area contributed by atoms with Crippen LogP contribution in [0.5, 0.6) is 0 Å². The maximum Gasteiger partial charge on any atom is 0.338 e. The highest BCUT2D eigenvalue weighted by molar-refractivity contribution is 6.30. The van der Waals surface area contributed by atoms with Crippen molar-refractivity contribution in [3.05, 3.63) is 34.9 Å². The van der Waals surface area contributed by atoms with Gasteiger partial charge in [0.1, 0.15) is 12.2 Å². The molecule has 2 amide bonds. The van der Waals surface area contributed by atoms with Crippen LogP contribution in [0, 0.1) is 0 Å². The number of rotatable bonds is 19. The largest absolute Gasteiger partial charge is 0.467 e. The number of carbonyl (C=O) groups excluding carboxylic acids is 7. The third-order valence-electron chi connectivity index (χ3n) is 8.03. The summed E-state index contributed by atoms with van der Waals surface area (Å²) in [5, 5.41) is 5.77. The molecule has 2 N–H and O–H groups in total. The fourth-order valence-electron chi connectivity index (χ4n) is 5.86. The fraction of sp³-hybridized carbons (Fsp3) is 0.629. The van der Waals surface area contributed by atoms with Crippen molar-refractivity contribution in [1.82, 2.24) is 10.6 Å². The van der Waals surface area contributed by atoms with Crippen LogP contribution in [0.25, 0.3) is 0 Å². The van der Waals surface area contributed by atoms with Gasteiger partial charge in [-0.15, -0.1) is 0 Å². The molecule has 51 heavy (non-hydrogen) atoms. The van der Waals surface area contributed by atoms with E-state index in [1.165, 1.54) is 0 Å². The van der Waals surface area contributed by atoms with E-state index in [1.54, 1.807) is 24.3 Å². The lowest BCUT2D eigenvalue weighted by Gasteiger charge is -2.49. The number of hydrogen-bond acceptors (Lipinski definition) is 13. The third kappa shape index (κ3) is 14.5. The van der Waals surface area contributed by atoms with Crippen LogP contribution in [0.2, 0.25) is 5.02 Å². The number of nitrogens with one attached hydrogen (secondary N) is 2. The highest BCUT2D eigenvalue weighted by Crippen LogP contribution is 2.39. The second-order valence-electron chi connectivity index (χ2n) is 12.3. The van der Waals surface area contributed by atoms with E-state index in [4.69, 9.17) is 40.0 Å². The van der Waals surface area contributed by atoms with Gasteiger partial charge in [-0.25, -0.2) is 4.79 Å². The molecular weight excluding hydrogens is 692 g/mol. The molecule has 1 heterocycles. The fourth-order valence-corrected chi connectivity index (χ4v) is 5.98. The number of ether oxygens (including phenoxy) is 6. The van der Waals surface area contributed by atoms with Crippen molar-refractivity contribution >= 4 is 53.3 Å². The molecule has 16 heteroatoms. The Morgan fingerprint density at radius 2 is 1.53 bits per heavy atom. The van der Waals surface area contributed by atoms with Gasteiger partial charge >= 0.3 is 29.8 Å². The van der Waals surface area contributed by atoms with Crippen molar-refractivity contribution in [2.45, 2.75) is 122 Å². The topological polar surface area (TPSA) is 199 Å². The van der Waals surface area contributed by atoms with Gasteiger partial charge in [-0.1, -0.05) is 56.3 Å². The molecule has 1 aromatic carbocycles. The summed E-state index contributed by atoms with van der Waals surface area (Å²) in [5.41, 5.74) is -1.14. The standard InChI is InChI=1S/C35H49ClN2O13/c1-7-8-9-10-11-16-35(34(45)46-6)18-27(48-22(3)40)31(38-30(44)20-47-21(2)39)33(51-35)32(50-24(5)42)28(49-23(4)41)19-37-29(43)17-25-12-14-26(36)15-13-25/h12-15,27-28,31-33H,7-11,16-20H2,1-6H3,(H,37,43)(H,38,44)/t27-,28+,31+,32+,33+,35+/m0/s1. The van der Waals surface area contributed by atoms with E-state index >= 15 is 0 Å². The molecule has 0 bridgehead atoms. The molecule has 0 aliphatic carbocycles. The molecule has 1 fully saturated rings. The summed E-state index contributed by atoms with van der Waals surface area (Å²) in [6, 6.07) is 5.21. The number of hydrogen-bond donors (Lipinski definition) is 2. The van der Waals surface area contributed by atoms with E-state index in [-0.39, 0.29) is 19.3 Å². The summed E-state index contributed by atoms with van der Waals surface area (Å²) in [7, 11) is 1.16. The van der Waals surface area contributed by atoms with Crippen LogP contribution in [0.15, 0.2) is 24.3 Å². The quantitative estimate of drug-likeness (QED) is 0.119. The zero-order chi connectivity index (χ0) is 38.1. The first-order valence-electron chi connectivity index (χ1n) is 16.8. The van der Waals surface area contributed by atoms with E-state index < -0.39 is 90.9 Å². The van der Waals surface area contributed by atoms with Gasteiger partial charge in [0.25, 0.3) is 5.91 Å². The van der Waals surface area contributed by atoms with E-state index in [0.717, 1.165) is 60.5 Å². The van der Waals surface area contributed by atoms with Crippen LogP contribution < -0.4 is 10.6 Å². The van der Waals surface area contributed by atoms with Crippen LogP contribution >= 0.6 is 11.6 Å². The predicted octanol–water partition coefficient (Wildman–Crippen LogP) is 2.90. The smallest absolute Gasteiger partial charge is 0.338 e. The summed E-state index contributed by atoms with van der Waals surface area (Å²) >= 11 is 5.95. The molecule has 0 spiro atoms. The Balaban J connectivity index is 2.65. The van der Waals surface area contributed by atoms with Crippen molar-refractivity contribution in [3.8, 4) is 0 Å². The van der Waals surface area contributed by atoms with Crippen molar-refractivity contribution in [1.29, 1.82) is 0 Å². The Morgan fingerprint density at radius 1 is 0.882 bits per heavy atom. The Bertz CT molecular complexity index is 1370. The summed E-state index contributed by atoms with van der Waals surface area (Å²) in [5.74, 6) is -5.33. The summed E-state index contributed by atoms with van der Waals surface area (Å²) in [4.78, 5) is 88.7. The maximum absolute atomic E-state index is 13.6. The van der Waals surface area contributed by atoms with Crippen molar-refractivity contribution in [2.75, 3.05) is 20.3 Å². The number of benzene rings is 1. The average molecular weight is 741 g/mol. The first-order chi connectivity index (χ1) is 24.1. The average Bonchev–Trinajstić information content (AvgIpc) is 3.05. The second-order valence-corrected chi connectivity index (χ2v) is 12.7. The monoisotopic (exact) mass is 740 g/mol. The normalized spacial score (nSPS) is 20.9. The van der Waals surface area contributed by atoms with Crippen LogP contribution in [0.1, 0.15) is 85.1 Å². The summed E-state index contributed by atoms with van der Waals surface area (Å²) in [6.07, 6.45) is -2.12. The van der Waals surface area contributed by atoms with Gasteiger partial charge in [0, 0.05) is 39.1 Å². The van der Waals surface area contributed by atoms with Gasteiger partial charge in [0.2, 0.25) is 5.91 Å². The van der Waals surface area contributed by atoms with Gasteiger partial charge in [-0.3, -0.25) is 28.8 Å². The number of amides is 2. The lowest BCUT2D eigenvalue weighted by molar-refractivity contribution is -0.241. The van der Waals surface area contributed by atoms with E-state index in [2.05, 4.69) is 17.6 Å². The van der Waals surface area contributed by atoms with Crippen LogP contribution in [-0.2, 0) is 68.4 Å². The Hall–Kier alpha value is -4.24. The minimum atomic E-state index is -1.78. The minimum absolute atomic E-state index is 0.0744. The van der Waals surface area contributed by atoms with E-state index in [9.17, 15) is 33.6 Å². The number of carbonyl (C=O) groups is 7. The minimum Gasteiger partial charge on any atom is -0.467 e. The molecule has 1 aromatic rings. The van der Waals surface area contributed by atoms with Gasteiger partial charge in [-0.2, -0.15) is 0 Å².